The molecule has 12 heteroatoms. The smallest absolute Gasteiger partial charge is 0.462 e. The molecule has 0 saturated carbocycles. The highest BCUT2D eigenvalue weighted by atomic mass is 31.2. The molecule has 0 heterocycles. The zero-order valence-electron chi connectivity index (χ0n) is 35.6. The third kappa shape index (κ3) is 39.9. The van der Waals surface area contributed by atoms with Crippen LogP contribution in [0.5, 0.6) is 0 Å². The highest BCUT2D eigenvalue weighted by molar-refractivity contribution is 7.47. The zero-order chi connectivity index (χ0) is 42.8. The van der Waals surface area contributed by atoms with E-state index in [1.807, 2.05) is 12.2 Å². The van der Waals surface area contributed by atoms with Gasteiger partial charge in [0, 0.05) is 12.8 Å². The van der Waals surface area contributed by atoms with Crippen molar-refractivity contribution in [2.45, 2.75) is 167 Å². The van der Waals surface area contributed by atoms with E-state index in [-0.39, 0.29) is 12.8 Å². The average molecular weight is 837 g/mol. The summed E-state index contributed by atoms with van der Waals surface area (Å²) in [5.41, 5.74) is 0. The van der Waals surface area contributed by atoms with Crippen LogP contribution in [0.3, 0.4) is 0 Å². The molecule has 11 nitrogen and oxygen atoms in total. The second kappa shape index (κ2) is 40.9. The molecule has 0 aliphatic heterocycles. The van der Waals surface area contributed by atoms with Gasteiger partial charge >= 0.3 is 19.8 Å². The summed E-state index contributed by atoms with van der Waals surface area (Å²) in [4.78, 5) is 35.0. The van der Waals surface area contributed by atoms with Crippen molar-refractivity contribution in [3.63, 3.8) is 0 Å². The summed E-state index contributed by atoms with van der Waals surface area (Å²) in [5.74, 6) is -1.16. The van der Waals surface area contributed by atoms with Gasteiger partial charge < -0.3 is 29.7 Å². The second-order valence-corrected chi connectivity index (χ2v) is 15.6. The summed E-state index contributed by atoms with van der Waals surface area (Å²) in [6.07, 6.45) is 44.3. The van der Waals surface area contributed by atoms with Gasteiger partial charge in [-0.2, -0.15) is 0 Å². The number of esters is 2. The lowest BCUT2D eigenvalue weighted by Gasteiger charge is -2.20. The Kier molecular flexibility index (Phi) is 38.8. The van der Waals surface area contributed by atoms with E-state index in [2.05, 4.69) is 79.1 Å². The monoisotopic (exact) mass is 837 g/mol. The topological polar surface area (TPSA) is 169 Å². The molecular weight excluding hydrogens is 759 g/mol. The average Bonchev–Trinajstić information content (AvgIpc) is 3.20. The van der Waals surface area contributed by atoms with E-state index in [9.17, 15) is 29.3 Å². The molecule has 0 saturated heterocycles. The Morgan fingerprint density at radius 1 is 0.603 bits per heavy atom. The number of ether oxygens (including phenoxy) is 2. The standard InChI is InChI=1S/C46H77O11P/c1-3-5-7-9-11-13-15-17-18-19-20-22-24-26-28-30-32-36-45(50)54-40-44(41-56-58(52,53)55-39-43(49)38-47)57-46(51)37-33-35-42(48)34-31-29-27-25-23-21-16-14-12-10-8-6-4-2/h5,7,11,13,17-18,20-23,27,29,31,34,42-44,47-49H,3-4,6,8-10,12,14-16,19,24-26,28,30,32-33,35-41H2,1-2H3,(H,52,53)/b7-5-,13-11-,18-17-,22-20-,23-21+,29-27+,34-31+/t42?,43-,44+/m0/s1. The molecule has 0 aromatic carbocycles. The number of rotatable bonds is 39. The lowest BCUT2D eigenvalue weighted by atomic mass is 10.1. The fraction of sp³-hybridized carbons (Fsp3) is 0.652. The molecule has 0 fully saturated rings. The van der Waals surface area contributed by atoms with Gasteiger partial charge in [-0.1, -0.05) is 144 Å². The summed E-state index contributed by atoms with van der Waals surface area (Å²) in [7, 11) is -4.68. The van der Waals surface area contributed by atoms with Crippen LogP contribution in [0.25, 0.3) is 0 Å². The lowest BCUT2D eigenvalue weighted by Crippen LogP contribution is -2.30. The van der Waals surface area contributed by atoms with Crippen LogP contribution in [0.2, 0.25) is 0 Å². The Labute approximate surface area is 350 Å². The molecule has 0 spiro atoms. The van der Waals surface area contributed by atoms with Gasteiger partial charge in [0.1, 0.15) is 12.7 Å². The minimum absolute atomic E-state index is 0.0501. The molecule has 0 aromatic rings. The van der Waals surface area contributed by atoms with Crippen molar-refractivity contribution in [3.05, 3.63) is 85.1 Å². The Hall–Kier alpha value is -2.89. The molecule has 0 rings (SSSR count). The van der Waals surface area contributed by atoms with E-state index in [0.717, 1.165) is 64.2 Å². The molecule has 0 aliphatic carbocycles. The number of carbonyl (C=O) groups excluding carboxylic acids is 2. The Morgan fingerprint density at radius 2 is 1.14 bits per heavy atom. The van der Waals surface area contributed by atoms with Crippen molar-refractivity contribution in [2.24, 2.45) is 0 Å². The van der Waals surface area contributed by atoms with E-state index in [1.54, 1.807) is 12.2 Å². The predicted molar refractivity (Wildman–Crippen MR) is 234 cm³/mol. The van der Waals surface area contributed by atoms with Gasteiger partial charge in [-0.05, 0) is 77.0 Å². The molecule has 2 unspecified atom stereocenters. The first-order valence-electron chi connectivity index (χ1n) is 21.7. The zero-order valence-corrected chi connectivity index (χ0v) is 36.5. The number of phosphoric acid groups is 1. The van der Waals surface area contributed by atoms with Crippen LogP contribution in [0.1, 0.15) is 149 Å². The molecule has 4 N–H and O–H groups in total. The van der Waals surface area contributed by atoms with Crippen LogP contribution < -0.4 is 0 Å². The normalized spacial score (nSPS) is 15.2. The van der Waals surface area contributed by atoms with E-state index in [4.69, 9.17) is 19.1 Å². The third-order valence-electron chi connectivity index (χ3n) is 8.64. The van der Waals surface area contributed by atoms with Crippen molar-refractivity contribution in [1.82, 2.24) is 0 Å². The van der Waals surface area contributed by atoms with Gasteiger partial charge in [0.25, 0.3) is 0 Å². The molecule has 0 aliphatic rings. The largest absolute Gasteiger partial charge is 0.472 e. The molecule has 0 radical (unpaired) electrons. The maximum atomic E-state index is 12.6. The van der Waals surface area contributed by atoms with E-state index in [1.165, 1.54) is 38.5 Å². The Morgan fingerprint density at radius 3 is 1.76 bits per heavy atom. The number of hydrogen-bond donors (Lipinski definition) is 4. The van der Waals surface area contributed by atoms with E-state index in [0.29, 0.717) is 19.3 Å². The van der Waals surface area contributed by atoms with Crippen LogP contribution in [0.4, 0.5) is 0 Å². The molecule has 332 valence electrons. The van der Waals surface area contributed by atoms with Crippen molar-refractivity contribution < 1.29 is 52.9 Å². The maximum Gasteiger partial charge on any atom is 0.472 e. The minimum Gasteiger partial charge on any atom is -0.462 e. The van der Waals surface area contributed by atoms with Crippen molar-refractivity contribution in [1.29, 1.82) is 0 Å². The molecule has 58 heavy (non-hydrogen) atoms. The first-order valence-corrected chi connectivity index (χ1v) is 23.1. The van der Waals surface area contributed by atoms with Gasteiger partial charge in [0.2, 0.25) is 0 Å². The highest BCUT2D eigenvalue weighted by Crippen LogP contribution is 2.43. The fourth-order valence-electron chi connectivity index (χ4n) is 5.29. The maximum absolute atomic E-state index is 12.6. The summed E-state index contributed by atoms with van der Waals surface area (Å²) >= 11 is 0. The number of allylic oxidation sites excluding steroid dienone is 13. The predicted octanol–water partition coefficient (Wildman–Crippen LogP) is 10.4. The van der Waals surface area contributed by atoms with Crippen LogP contribution in [0.15, 0.2) is 85.1 Å². The summed E-state index contributed by atoms with van der Waals surface area (Å²) in [5, 5.41) is 28.6. The third-order valence-corrected chi connectivity index (χ3v) is 9.59. The summed E-state index contributed by atoms with van der Waals surface area (Å²) in [6.45, 7) is 1.99. The first kappa shape index (κ1) is 55.1. The van der Waals surface area contributed by atoms with E-state index < -0.39 is 64.5 Å². The quantitative estimate of drug-likeness (QED) is 0.0153. The van der Waals surface area contributed by atoms with Crippen LogP contribution in [-0.2, 0) is 32.7 Å². The van der Waals surface area contributed by atoms with Gasteiger partial charge in [-0.25, -0.2) is 4.57 Å². The molecule has 0 amide bonds. The van der Waals surface area contributed by atoms with Crippen molar-refractivity contribution in [2.75, 3.05) is 26.4 Å². The minimum atomic E-state index is -4.68. The molecule has 0 aromatic heterocycles. The van der Waals surface area contributed by atoms with Gasteiger partial charge in [-0.3, -0.25) is 18.6 Å². The molecule has 4 atom stereocenters. The van der Waals surface area contributed by atoms with Crippen LogP contribution in [-0.4, -0.2) is 76.9 Å². The second-order valence-electron chi connectivity index (χ2n) is 14.2. The number of aliphatic hydroxyl groups is 3. The van der Waals surface area contributed by atoms with Gasteiger partial charge in [-0.15, -0.1) is 0 Å². The van der Waals surface area contributed by atoms with Gasteiger partial charge in [0.05, 0.1) is 25.9 Å². The summed E-state index contributed by atoms with van der Waals surface area (Å²) < 4.78 is 32.5. The van der Waals surface area contributed by atoms with E-state index >= 15 is 0 Å². The highest BCUT2D eigenvalue weighted by Gasteiger charge is 2.27. The summed E-state index contributed by atoms with van der Waals surface area (Å²) in [6, 6.07) is 0. The number of carbonyl (C=O) groups is 2. The first-order chi connectivity index (χ1) is 28.1. The van der Waals surface area contributed by atoms with Crippen LogP contribution >= 0.6 is 7.82 Å². The van der Waals surface area contributed by atoms with Gasteiger partial charge in [0.15, 0.2) is 6.10 Å². The van der Waals surface area contributed by atoms with Crippen LogP contribution in [0, 0.1) is 0 Å². The fourth-order valence-corrected chi connectivity index (χ4v) is 6.08. The lowest BCUT2D eigenvalue weighted by molar-refractivity contribution is -0.161. The number of hydrogen-bond acceptors (Lipinski definition) is 10. The SMILES string of the molecule is CC/C=C\C/C=C\C/C=C\C/C=C\CCCCCCC(=O)OC[C@H](COP(=O)(O)OC[C@@H](O)CO)OC(=O)CCCC(O)/C=C/C=C/C/C=C/CCCCCCCC. The Balaban J connectivity index is 4.55. The number of unbranched alkanes of at least 4 members (excludes halogenated alkanes) is 10. The Bertz CT molecular complexity index is 1250. The number of phosphoric ester groups is 1. The van der Waals surface area contributed by atoms with Crippen molar-refractivity contribution in [3.8, 4) is 0 Å². The molecule has 0 bridgehead atoms. The number of aliphatic hydroxyl groups excluding tert-OH is 3. The molecular formula is C46H77O11P. The van der Waals surface area contributed by atoms with Crippen molar-refractivity contribution >= 4 is 19.8 Å².